The molecule has 0 aliphatic carbocycles. The Morgan fingerprint density at radius 3 is 1.42 bits per heavy atom. The normalized spacial score (nSPS) is 12.8. The first kappa shape index (κ1) is 48.6. The maximum Gasteiger partial charge on any atom is 0.305 e. The molecule has 0 aromatic rings. The van der Waals surface area contributed by atoms with E-state index < -0.39 is 12.1 Å². The van der Waals surface area contributed by atoms with E-state index in [0.29, 0.717) is 25.9 Å². The van der Waals surface area contributed by atoms with E-state index in [1.165, 1.54) is 141 Å². The Hall–Kier alpha value is -1.40. The molecule has 1 amide bonds. The summed E-state index contributed by atoms with van der Waals surface area (Å²) in [7, 11) is 0. The second-order valence-electron chi connectivity index (χ2n) is 15.0. The van der Waals surface area contributed by atoms with Crippen LogP contribution in [-0.4, -0.2) is 47.4 Å². The van der Waals surface area contributed by atoms with Crippen LogP contribution in [0, 0.1) is 0 Å². The monoisotopic (exact) mass is 708 g/mol. The molecule has 0 saturated carbocycles. The van der Waals surface area contributed by atoms with E-state index >= 15 is 0 Å². The minimum Gasteiger partial charge on any atom is -0.466 e. The van der Waals surface area contributed by atoms with Crippen molar-refractivity contribution in [1.82, 2.24) is 5.32 Å². The topological polar surface area (TPSA) is 95.9 Å². The zero-order valence-electron chi connectivity index (χ0n) is 33.4. The smallest absolute Gasteiger partial charge is 0.305 e. The van der Waals surface area contributed by atoms with E-state index in [1.807, 2.05) is 0 Å². The van der Waals surface area contributed by atoms with Gasteiger partial charge in [-0.05, 0) is 51.4 Å². The van der Waals surface area contributed by atoms with E-state index in [2.05, 4.69) is 31.3 Å². The second-order valence-corrected chi connectivity index (χ2v) is 15.0. The summed E-state index contributed by atoms with van der Waals surface area (Å²) in [6, 6.07) is -0.558. The first-order valence-electron chi connectivity index (χ1n) is 21.9. The average molecular weight is 708 g/mol. The summed E-state index contributed by atoms with van der Waals surface area (Å²) in [4.78, 5) is 24.3. The zero-order chi connectivity index (χ0) is 36.6. The van der Waals surface area contributed by atoms with Gasteiger partial charge in [-0.2, -0.15) is 0 Å². The minimum absolute atomic E-state index is 0.0338. The van der Waals surface area contributed by atoms with Crippen LogP contribution >= 0.6 is 0 Å². The van der Waals surface area contributed by atoms with Crippen molar-refractivity contribution in [2.24, 2.45) is 0 Å². The van der Waals surface area contributed by atoms with Gasteiger partial charge in [0, 0.05) is 12.8 Å². The van der Waals surface area contributed by atoms with Crippen molar-refractivity contribution in [2.45, 2.75) is 244 Å². The van der Waals surface area contributed by atoms with E-state index in [0.717, 1.165) is 57.8 Å². The van der Waals surface area contributed by atoms with Gasteiger partial charge in [-0.25, -0.2) is 0 Å². The van der Waals surface area contributed by atoms with Crippen molar-refractivity contribution >= 4 is 11.9 Å². The fourth-order valence-corrected chi connectivity index (χ4v) is 6.63. The quantitative estimate of drug-likeness (QED) is 0.0335. The summed E-state index contributed by atoms with van der Waals surface area (Å²) < 4.78 is 5.43. The van der Waals surface area contributed by atoms with Gasteiger partial charge in [0.05, 0.1) is 25.4 Å². The van der Waals surface area contributed by atoms with Crippen LogP contribution in [0.1, 0.15) is 232 Å². The molecule has 3 N–H and O–H groups in total. The molecule has 0 aromatic heterocycles. The number of carbonyl (C=O) groups excluding carboxylic acids is 2. The van der Waals surface area contributed by atoms with Crippen molar-refractivity contribution in [1.29, 1.82) is 0 Å². The second kappa shape index (κ2) is 40.4. The number of hydrogen-bond acceptors (Lipinski definition) is 5. The minimum atomic E-state index is -0.678. The molecule has 50 heavy (non-hydrogen) atoms. The maximum absolute atomic E-state index is 12.3. The molecule has 0 rings (SSSR count). The van der Waals surface area contributed by atoms with Crippen molar-refractivity contribution in [3.8, 4) is 0 Å². The van der Waals surface area contributed by atoms with Gasteiger partial charge in [-0.1, -0.05) is 180 Å². The van der Waals surface area contributed by atoms with E-state index in [1.54, 1.807) is 0 Å². The van der Waals surface area contributed by atoms with Crippen LogP contribution < -0.4 is 5.32 Å². The predicted octanol–water partition coefficient (Wildman–Crippen LogP) is 12.2. The number of aliphatic hydroxyl groups excluding tert-OH is 2. The molecule has 0 aromatic carbocycles. The lowest BCUT2D eigenvalue weighted by atomic mass is 10.0. The molecule has 0 radical (unpaired) electrons. The summed E-state index contributed by atoms with van der Waals surface area (Å²) in [6.45, 7) is 4.85. The Balaban J connectivity index is 3.48. The number of amides is 1. The van der Waals surface area contributed by atoms with Crippen LogP contribution in [0.4, 0.5) is 0 Å². The Bertz CT molecular complexity index is 742. The molecule has 0 bridgehead atoms. The van der Waals surface area contributed by atoms with Crippen molar-refractivity contribution in [3.63, 3.8) is 0 Å². The Labute approximate surface area is 310 Å². The molecule has 0 heterocycles. The molecule has 2 unspecified atom stereocenters. The Morgan fingerprint density at radius 2 is 0.940 bits per heavy atom. The summed E-state index contributed by atoms with van der Waals surface area (Å²) in [5, 5.41) is 23.0. The summed E-state index contributed by atoms with van der Waals surface area (Å²) in [5.74, 6) is -0.1000. The molecule has 0 saturated heterocycles. The van der Waals surface area contributed by atoms with Gasteiger partial charge in [-0.3, -0.25) is 9.59 Å². The number of aliphatic hydroxyl groups is 2. The van der Waals surface area contributed by atoms with Gasteiger partial charge in [-0.15, -0.1) is 0 Å². The third-order valence-electron chi connectivity index (χ3n) is 10.1. The molecule has 0 aliphatic heterocycles. The lowest BCUT2D eigenvalue weighted by molar-refractivity contribution is -0.143. The molecule has 0 spiro atoms. The van der Waals surface area contributed by atoms with Gasteiger partial charge in [0.15, 0.2) is 0 Å². The van der Waals surface area contributed by atoms with Gasteiger partial charge in [0.25, 0.3) is 0 Å². The first-order chi connectivity index (χ1) is 24.5. The molecule has 296 valence electrons. The van der Waals surface area contributed by atoms with E-state index in [9.17, 15) is 19.8 Å². The highest BCUT2D eigenvalue weighted by Crippen LogP contribution is 2.15. The zero-order valence-corrected chi connectivity index (χ0v) is 33.4. The van der Waals surface area contributed by atoms with Crippen LogP contribution in [0.15, 0.2) is 12.2 Å². The number of ether oxygens (including phenoxy) is 1. The van der Waals surface area contributed by atoms with E-state index in [4.69, 9.17) is 4.74 Å². The van der Waals surface area contributed by atoms with Gasteiger partial charge in [0.2, 0.25) is 5.91 Å². The van der Waals surface area contributed by atoms with E-state index in [-0.39, 0.29) is 18.5 Å². The summed E-state index contributed by atoms with van der Waals surface area (Å²) in [5.41, 5.74) is 0. The third kappa shape index (κ3) is 36.4. The van der Waals surface area contributed by atoms with Crippen molar-refractivity contribution < 1.29 is 24.5 Å². The molecule has 0 aliphatic rings. The molecule has 6 nitrogen and oxygen atoms in total. The highest BCUT2D eigenvalue weighted by Gasteiger charge is 2.20. The lowest BCUT2D eigenvalue weighted by Crippen LogP contribution is -2.45. The average Bonchev–Trinajstić information content (AvgIpc) is 3.11. The van der Waals surface area contributed by atoms with Crippen molar-refractivity contribution in [2.75, 3.05) is 13.2 Å². The number of hydrogen-bond donors (Lipinski definition) is 3. The molecule has 6 heteroatoms. The first-order valence-corrected chi connectivity index (χ1v) is 21.9. The fourth-order valence-electron chi connectivity index (χ4n) is 6.63. The van der Waals surface area contributed by atoms with Crippen LogP contribution in [0.5, 0.6) is 0 Å². The van der Waals surface area contributed by atoms with Gasteiger partial charge < -0.3 is 20.3 Å². The van der Waals surface area contributed by atoms with Crippen LogP contribution in [0.3, 0.4) is 0 Å². The summed E-state index contributed by atoms with van der Waals surface area (Å²) in [6.07, 6.45) is 43.1. The predicted molar refractivity (Wildman–Crippen MR) is 213 cm³/mol. The lowest BCUT2D eigenvalue weighted by Gasteiger charge is -2.22. The third-order valence-corrected chi connectivity index (χ3v) is 10.1. The number of esters is 1. The fraction of sp³-hybridized carbons (Fsp3) is 0.909. The summed E-state index contributed by atoms with van der Waals surface area (Å²) >= 11 is 0. The maximum atomic E-state index is 12.3. The molecule has 0 fully saturated rings. The Kier molecular flexibility index (Phi) is 39.2. The number of rotatable bonds is 40. The molecular weight excluding hydrogens is 622 g/mol. The highest BCUT2D eigenvalue weighted by molar-refractivity contribution is 5.76. The number of unbranched alkanes of at least 4 members (excludes halogenated alkanes) is 27. The number of nitrogens with one attached hydrogen (secondary N) is 1. The number of carbonyl (C=O) groups is 2. The largest absolute Gasteiger partial charge is 0.466 e. The highest BCUT2D eigenvalue weighted by atomic mass is 16.5. The number of allylic oxidation sites excluding steroid dienone is 2. The van der Waals surface area contributed by atoms with Crippen LogP contribution in [0.2, 0.25) is 0 Å². The molecular formula is C44H85NO5. The van der Waals surface area contributed by atoms with Crippen molar-refractivity contribution in [3.05, 3.63) is 12.2 Å². The SMILES string of the molecule is CCCCCCCC/C=C\CCCCCCCC(=O)OCCCCCCCCCCCC(=O)NC(CO)C(O)CCCCCCCCCCC. The Morgan fingerprint density at radius 1 is 0.540 bits per heavy atom. The van der Waals surface area contributed by atoms with Crippen LogP contribution in [0.25, 0.3) is 0 Å². The molecule has 2 atom stereocenters. The van der Waals surface area contributed by atoms with Gasteiger partial charge in [0.1, 0.15) is 0 Å². The van der Waals surface area contributed by atoms with Crippen LogP contribution in [-0.2, 0) is 14.3 Å². The van der Waals surface area contributed by atoms with Gasteiger partial charge >= 0.3 is 5.97 Å². The standard InChI is InChI=1S/C44H85NO5/c1-3-5-7-9-11-13-14-15-16-17-18-22-26-30-34-38-44(49)50-39-35-31-27-23-19-21-25-29-33-37-43(48)45-41(40-46)42(47)36-32-28-24-20-12-10-8-6-4-2/h15-16,41-42,46-47H,3-14,17-40H2,1-2H3,(H,45,48)/b16-15-.